The highest BCUT2D eigenvalue weighted by Gasteiger charge is 2.27. The lowest BCUT2D eigenvalue weighted by Gasteiger charge is -2.38. The van der Waals surface area contributed by atoms with E-state index in [2.05, 4.69) is 53.4 Å². The monoisotopic (exact) mass is 265 g/mol. The van der Waals surface area contributed by atoms with Crippen molar-refractivity contribution in [1.29, 1.82) is 0 Å². The van der Waals surface area contributed by atoms with Gasteiger partial charge in [0.05, 0.1) is 0 Å². The third kappa shape index (κ3) is 4.22. The Hall–Kier alpha value is 0.790. The Morgan fingerprint density at radius 1 is 1.54 bits per heavy atom. The maximum absolute atomic E-state index is 3.54. The van der Waals surface area contributed by atoms with Crippen LogP contribution in [0.5, 0.6) is 0 Å². The standard InChI is InChI=1S/C10H20BrNS/c1-9(6-11)7-12-4-5-13-10(2,3)8-12/h9H,4-8H2,1-3H3. The topological polar surface area (TPSA) is 3.24 Å². The molecule has 0 aromatic heterocycles. The maximum atomic E-state index is 3.54. The van der Waals surface area contributed by atoms with Crippen molar-refractivity contribution in [1.82, 2.24) is 4.90 Å². The zero-order chi connectivity index (χ0) is 9.90. The van der Waals surface area contributed by atoms with Crippen LogP contribution in [-0.2, 0) is 0 Å². The van der Waals surface area contributed by atoms with Gasteiger partial charge in [0, 0.05) is 35.5 Å². The molecule has 0 aliphatic carbocycles. The molecule has 1 nitrogen and oxygen atoms in total. The molecular formula is C10H20BrNS. The fraction of sp³-hybridized carbons (Fsp3) is 1.00. The Morgan fingerprint density at radius 2 is 2.23 bits per heavy atom. The van der Waals surface area contributed by atoms with Crippen LogP contribution in [0.1, 0.15) is 20.8 Å². The quantitative estimate of drug-likeness (QED) is 0.723. The van der Waals surface area contributed by atoms with Crippen molar-refractivity contribution in [2.24, 2.45) is 5.92 Å². The first-order valence-electron chi connectivity index (χ1n) is 4.96. The minimum absolute atomic E-state index is 0.463. The van der Waals surface area contributed by atoms with E-state index in [0.717, 1.165) is 11.2 Å². The summed E-state index contributed by atoms with van der Waals surface area (Å²) in [4.78, 5) is 2.60. The molecule has 1 unspecified atom stereocenters. The van der Waals surface area contributed by atoms with E-state index in [4.69, 9.17) is 0 Å². The van der Waals surface area contributed by atoms with Crippen molar-refractivity contribution in [2.45, 2.75) is 25.5 Å². The summed E-state index contributed by atoms with van der Waals surface area (Å²) in [5.74, 6) is 2.07. The van der Waals surface area contributed by atoms with E-state index in [0.29, 0.717) is 4.75 Å². The summed E-state index contributed by atoms with van der Waals surface area (Å²) in [6.07, 6.45) is 0. The van der Waals surface area contributed by atoms with E-state index in [1.165, 1.54) is 25.4 Å². The molecule has 0 saturated carbocycles. The average Bonchev–Trinajstić information content (AvgIpc) is 2.02. The van der Waals surface area contributed by atoms with Gasteiger partial charge in [-0.2, -0.15) is 11.8 Å². The summed E-state index contributed by atoms with van der Waals surface area (Å²) in [6.45, 7) is 10.8. The average molecular weight is 266 g/mol. The summed E-state index contributed by atoms with van der Waals surface area (Å²) in [7, 11) is 0. The van der Waals surface area contributed by atoms with Crippen molar-refractivity contribution in [3.8, 4) is 0 Å². The van der Waals surface area contributed by atoms with Gasteiger partial charge in [0.25, 0.3) is 0 Å². The van der Waals surface area contributed by atoms with Crippen molar-refractivity contribution in [3.63, 3.8) is 0 Å². The summed E-state index contributed by atoms with van der Waals surface area (Å²) >= 11 is 5.64. The number of nitrogens with zero attached hydrogens (tertiary/aromatic N) is 1. The molecule has 0 spiro atoms. The molecular weight excluding hydrogens is 246 g/mol. The Bertz CT molecular complexity index is 161. The molecule has 1 saturated heterocycles. The lowest BCUT2D eigenvalue weighted by atomic mass is 10.1. The zero-order valence-electron chi connectivity index (χ0n) is 8.85. The van der Waals surface area contributed by atoms with Crippen molar-refractivity contribution < 1.29 is 0 Å². The van der Waals surface area contributed by atoms with Gasteiger partial charge >= 0.3 is 0 Å². The van der Waals surface area contributed by atoms with E-state index in [-0.39, 0.29) is 0 Å². The number of thioether (sulfide) groups is 1. The predicted molar refractivity (Wildman–Crippen MR) is 65.9 cm³/mol. The van der Waals surface area contributed by atoms with Crippen LogP contribution in [0.25, 0.3) is 0 Å². The summed E-state index contributed by atoms with van der Waals surface area (Å²) < 4.78 is 0.463. The third-order valence-electron chi connectivity index (χ3n) is 2.34. The maximum Gasteiger partial charge on any atom is 0.0231 e. The molecule has 1 rings (SSSR count). The Morgan fingerprint density at radius 3 is 2.77 bits per heavy atom. The van der Waals surface area contributed by atoms with Crippen LogP contribution in [0.4, 0.5) is 0 Å². The second-order valence-corrected chi connectivity index (χ2v) is 7.05. The molecule has 0 bridgehead atoms. The van der Waals surface area contributed by atoms with Gasteiger partial charge in [-0.1, -0.05) is 22.9 Å². The lowest BCUT2D eigenvalue weighted by Crippen LogP contribution is -2.44. The van der Waals surface area contributed by atoms with Crippen molar-refractivity contribution in [2.75, 3.05) is 30.7 Å². The van der Waals surface area contributed by atoms with Crippen LogP contribution in [0.3, 0.4) is 0 Å². The Labute approximate surface area is 94.8 Å². The first kappa shape index (κ1) is 11.9. The fourth-order valence-electron chi connectivity index (χ4n) is 1.76. The van der Waals surface area contributed by atoms with E-state index >= 15 is 0 Å². The van der Waals surface area contributed by atoms with E-state index in [1.807, 2.05) is 0 Å². The van der Waals surface area contributed by atoms with E-state index in [1.54, 1.807) is 0 Å². The van der Waals surface area contributed by atoms with Crippen LogP contribution in [0, 0.1) is 5.92 Å². The largest absolute Gasteiger partial charge is 0.301 e. The van der Waals surface area contributed by atoms with Gasteiger partial charge < -0.3 is 4.90 Å². The summed E-state index contributed by atoms with van der Waals surface area (Å²) in [6, 6.07) is 0. The number of halogens is 1. The van der Waals surface area contributed by atoms with Gasteiger partial charge in [0.15, 0.2) is 0 Å². The van der Waals surface area contributed by atoms with Crippen molar-refractivity contribution >= 4 is 27.7 Å². The molecule has 0 N–H and O–H groups in total. The minimum atomic E-state index is 0.463. The lowest BCUT2D eigenvalue weighted by molar-refractivity contribution is 0.235. The predicted octanol–water partition coefficient (Wildman–Crippen LogP) is 2.84. The molecule has 1 heterocycles. The smallest absolute Gasteiger partial charge is 0.0231 e. The molecule has 0 aromatic carbocycles. The molecule has 1 aliphatic heterocycles. The molecule has 0 amide bonds. The van der Waals surface area contributed by atoms with E-state index < -0.39 is 0 Å². The zero-order valence-corrected chi connectivity index (χ0v) is 11.2. The van der Waals surface area contributed by atoms with Gasteiger partial charge in [-0.15, -0.1) is 0 Å². The highest BCUT2D eigenvalue weighted by atomic mass is 79.9. The Balaban J connectivity index is 2.34. The van der Waals surface area contributed by atoms with Crippen LogP contribution < -0.4 is 0 Å². The van der Waals surface area contributed by atoms with Gasteiger partial charge in [-0.3, -0.25) is 0 Å². The third-order valence-corrected chi connectivity index (χ3v) is 4.74. The number of hydrogen-bond acceptors (Lipinski definition) is 2. The normalized spacial score (nSPS) is 25.8. The summed E-state index contributed by atoms with van der Waals surface area (Å²) in [5.41, 5.74) is 0. The highest BCUT2D eigenvalue weighted by Crippen LogP contribution is 2.29. The molecule has 3 heteroatoms. The van der Waals surface area contributed by atoms with Crippen LogP contribution >= 0.6 is 27.7 Å². The summed E-state index contributed by atoms with van der Waals surface area (Å²) in [5, 5.41) is 1.12. The number of hydrogen-bond donors (Lipinski definition) is 0. The number of alkyl halides is 1. The molecule has 0 aromatic rings. The molecule has 78 valence electrons. The molecule has 1 aliphatic rings. The molecule has 0 radical (unpaired) electrons. The fourth-order valence-corrected chi connectivity index (χ4v) is 3.14. The first-order valence-corrected chi connectivity index (χ1v) is 7.06. The van der Waals surface area contributed by atoms with E-state index in [9.17, 15) is 0 Å². The Kier molecular flexibility index (Phi) is 4.59. The highest BCUT2D eigenvalue weighted by molar-refractivity contribution is 9.09. The van der Waals surface area contributed by atoms with Crippen molar-refractivity contribution in [3.05, 3.63) is 0 Å². The van der Waals surface area contributed by atoms with Gasteiger partial charge in [0.1, 0.15) is 0 Å². The first-order chi connectivity index (χ1) is 6.03. The second kappa shape index (κ2) is 5.04. The van der Waals surface area contributed by atoms with Gasteiger partial charge in [-0.05, 0) is 19.8 Å². The van der Waals surface area contributed by atoms with Gasteiger partial charge in [0.2, 0.25) is 0 Å². The SMILES string of the molecule is CC(CBr)CN1CCSC(C)(C)C1. The second-order valence-electron chi connectivity index (χ2n) is 4.60. The minimum Gasteiger partial charge on any atom is -0.301 e. The molecule has 13 heavy (non-hydrogen) atoms. The van der Waals surface area contributed by atoms with Gasteiger partial charge in [-0.25, -0.2) is 0 Å². The molecule has 1 fully saturated rings. The number of rotatable bonds is 3. The van der Waals surface area contributed by atoms with Crippen LogP contribution in [0.2, 0.25) is 0 Å². The van der Waals surface area contributed by atoms with Crippen LogP contribution in [-0.4, -0.2) is 40.4 Å². The molecule has 1 atom stereocenters. The van der Waals surface area contributed by atoms with Crippen LogP contribution in [0.15, 0.2) is 0 Å².